The van der Waals surface area contributed by atoms with Crippen LogP contribution in [0.4, 0.5) is 0 Å². The molecule has 2 fully saturated rings. The van der Waals surface area contributed by atoms with Crippen molar-refractivity contribution >= 4 is 12.0 Å². The van der Waals surface area contributed by atoms with Gasteiger partial charge in [0.05, 0.1) is 0 Å². The van der Waals surface area contributed by atoms with Crippen LogP contribution in [0.2, 0.25) is 0 Å². The summed E-state index contributed by atoms with van der Waals surface area (Å²) in [5, 5.41) is 0. The summed E-state index contributed by atoms with van der Waals surface area (Å²) in [6, 6.07) is 10.4. The maximum Gasteiger partial charge on any atom is 0.225 e. The van der Waals surface area contributed by atoms with E-state index in [2.05, 4.69) is 46.2 Å². The van der Waals surface area contributed by atoms with Crippen molar-refractivity contribution in [1.29, 1.82) is 0 Å². The maximum absolute atomic E-state index is 12.0. The van der Waals surface area contributed by atoms with Crippen molar-refractivity contribution in [2.24, 2.45) is 5.92 Å². The van der Waals surface area contributed by atoms with Crippen molar-refractivity contribution in [1.82, 2.24) is 9.80 Å². The van der Waals surface area contributed by atoms with E-state index < -0.39 is 0 Å². The van der Waals surface area contributed by atoms with Crippen LogP contribution >= 0.6 is 0 Å². The molecule has 1 aliphatic heterocycles. The highest BCUT2D eigenvalue weighted by Gasteiger charge is 2.34. The van der Waals surface area contributed by atoms with E-state index in [1.165, 1.54) is 5.56 Å². The lowest BCUT2D eigenvalue weighted by molar-refractivity contribution is -0.134. The van der Waals surface area contributed by atoms with Crippen LogP contribution < -0.4 is 0 Å². The summed E-state index contributed by atoms with van der Waals surface area (Å²) < 4.78 is 0. The van der Waals surface area contributed by atoms with Crippen molar-refractivity contribution in [3.8, 4) is 0 Å². The smallest absolute Gasteiger partial charge is 0.225 e. The van der Waals surface area contributed by atoms with Crippen molar-refractivity contribution in [2.75, 3.05) is 32.7 Å². The molecule has 2 aliphatic rings. The average Bonchev–Trinajstić information content (AvgIpc) is 3.33. The summed E-state index contributed by atoms with van der Waals surface area (Å²) >= 11 is 0. The van der Waals surface area contributed by atoms with Gasteiger partial charge in [-0.2, -0.15) is 0 Å². The summed E-state index contributed by atoms with van der Waals surface area (Å²) in [5.74, 6) is 0.754. The lowest BCUT2D eigenvalue weighted by Crippen LogP contribution is -2.49. The molecule has 1 saturated heterocycles. The second-order valence-electron chi connectivity index (χ2n) is 5.71. The molecule has 0 spiro atoms. The molecule has 0 N–H and O–H groups in total. The first-order chi connectivity index (χ1) is 9.83. The van der Waals surface area contributed by atoms with Gasteiger partial charge in [-0.3, -0.25) is 9.69 Å². The molecule has 1 saturated carbocycles. The third-order valence-corrected chi connectivity index (χ3v) is 4.08. The molecule has 1 aromatic carbocycles. The van der Waals surface area contributed by atoms with E-state index >= 15 is 0 Å². The summed E-state index contributed by atoms with van der Waals surface area (Å²) in [4.78, 5) is 16.4. The molecule has 0 bridgehead atoms. The van der Waals surface area contributed by atoms with Gasteiger partial charge < -0.3 is 4.90 Å². The zero-order valence-corrected chi connectivity index (χ0v) is 11.9. The van der Waals surface area contributed by atoms with Gasteiger partial charge in [-0.15, -0.1) is 0 Å². The van der Waals surface area contributed by atoms with E-state index in [0.29, 0.717) is 11.8 Å². The molecule has 0 unspecified atom stereocenters. The predicted octanol–water partition coefficient (Wildman–Crippen LogP) is 2.25. The number of rotatable bonds is 4. The van der Waals surface area contributed by atoms with E-state index in [1.807, 2.05) is 6.07 Å². The Hall–Kier alpha value is -1.61. The normalized spacial score (nSPS) is 20.5. The van der Waals surface area contributed by atoms with Crippen LogP contribution in [0.5, 0.6) is 0 Å². The van der Waals surface area contributed by atoms with Crippen molar-refractivity contribution in [2.45, 2.75) is 12.8 Å². The monoisotopic (exact) mass is 270 g/mol. The predicted molar refractivity (Wildman–Crippen MR) is 81.2 cm³/mol. The van der Waals surface area contributed by atoms with Crippen molar-refractivity contribution in [3.63, 3.8) is 0 Å². The third kappa shape index (κ3) is 3.48. The average molecular weight is 270 g/mol. The minimum absolute atomic E-state index is 0.361. The van der Waals surface area contributed by atoms with Gasteiger partial charge in [-0.25, -0.2) is 0 Å². The molecule has 0 aromatic heterocycles. The Bertz CT molecular complexity index is 471. The minimum atomic E-state index is 0.361. The van der Waals surface area contributed by atoms with Crippen LogP contribution in [0.15, 0.2) is 36.4 Å². The molecular formula is C17H22N2O. The first-order valence-electron chi connectivity index (χ1n) is 7.55. The van der Waals surface area contributed by atoms with E-state index in [4.69, 9.17) is 0 Å². The molecule has 1 aromatic rings. The van der Waals surface area contributed by atoms with Crippen LogP contribution in [0.3, 0.4) is 0 Å². The lowest BCUT2D eigenvalue weighted by Gasteiger charge is -2.34. The highest BCUT2D eigenvalue weighted by Crippen LogP contribution is 2.31. The van der Waals surface area contributed by atoms with Gasteiger partial charge in [-0.05, 0) is 18.4 Å². The van der Waals surface area contributed by atoms with E-state index in [0.717, 1.165) is 45.6 Å². The summed E-state index contributed by atoms with van der Waals surface area (Å²) in [6.45, 7) is 4.76. The number of piperazine rings is 1. The fraction of sp³-hybridized carbons (Fsp3) is 0.471. The van der Waals surface area contributed by atoms with Crippen molar-refractivity contribution < 1.29 is 4.79 Å². The molecule has 3 rings (SSSR count). The second kappa shape index (κ2) is 6.23. The number of nitrogens with zero attached hydrogens (tertiary/aromatic N) is 2. The van der Waals surface area contributed by atoms with Crippen LogP contribution in [0.1, 0.15) is 18.4 Å². The third-order valence-electron chi connectivity index (χ3n) is 4.08. The number of amides is 1. The Labute approximate surface area is 120 Å². The molecular weight excluding hydrogens is 248 g/mol. The van der Waals surface area contributed by atoms with Crippen LogP contribution in [-0.4, -0.2) is 48.4 Å². The maximum atomic E-state index is 12.0. The number of carbonyl (C=O) groups excluding carboxylic acids is 1. The molecule has 0 radical (unpaired) electrons. The Morgan fingerprint density at radius 2 is 1.80 bits per heavy atom. The molecule has 106 valence electrons. The van der Waals surface area contributed by atoms with Crippen molar-refractivity contribution in [3.05, 3.63) is 42.0 Å². The largest absolute Gasteiger partial charge is 0.340 e. The highest BCUT2D eigenvalue weighted by molar-refractivity contribution is 5.81. The van der Waals surface area contributed by atoms with Gasteiger partial charge in [0.1, 0.15) is 0 Å². The Morgan fingerprint density at radius 1 is 1.10 bits per heavy atom. The van der Waals surface area contributed by atoms with Crippen LogP contribution in [0, 0.1) is 5.92 Å². The highest BCUT2D eigenvalue weighted by atomic mass is 16.2. The first-order valence-corrected chi connectivity index (χ1v) is 7.55. The SMILES string of the molecule is O=C(C1CC1)N1CCN(CC=Cc2ccccc2)CC1. The van der Waals surface area contributed by atoms with Gasteiger partial charge >= 0.3 is 0 Å². The van der Waals surface area contributed by atoms with E-state index in [-0.39, 0.29) is 0 Å². The molecule has 1 aliphatic carbocycles. The lowest BCUT2D eigenvalue weighted by atomic mass is 10.2. The summed E-state index contributed by atoms with van der Waals surface area (Å²) in [6.07, 6.45) is 6.60. The molecule has 0 atom stereocenters. The van der Waals surface area contributed by atoms with E-state index in [1.54, 1.807) is 0 Å². The number of hydrogen-bond donors (Lipinski definition) is 0. The number of hydrogen-bond acceptors (Lipinski definition) is 2. The van der Waals surface area contributed by atoms with Crippen LogP contribution in [0.25, 0.3) is 6.08 Å². The van der Waals surface area contributed by atoms with Gasteiger partial charge in [0, 0.05) is 38.6 Å². The molecule has 1 amide bonds. The Kier molecular flexibility index (Phi) is 4.16. The topological polar surface area (TPSA) is 23.6 Å². The number of benzene rings is 1. The van der Waals surface area contributed by atoms with Gasteiger partial charge in [0.15, 0.2) is 0 Å². The molecule has 20 heavy (non-hydrogen) atoms. The van der Waals surface area contributed by atoms with E-state index in [9.17, 15) is 4.79 Å². The summed E-state index contributed by atoms with van der Waals surface area (Å²) in [5.41, 5.74) is 1.25. The van der Waals surface area contributed by atoms with Crippen LogP contribution in [-0.2, 0) is 4.79 Å². The van der Waals surface area contributed by atoms with Gasteiger partial charge in [-0.1, -0.05) is 42.5 Å². The zero-order chi connectivity index (χ0) is 13.8. The fourth-order valence-corrected chi connectivity index (χ4v) is 2.64. The molecule has 3 heteroatoms. The van der Waals surface area contributed by atoms with Gasteiger partial charge in [0.25, 0.3) is 0 Å². The second-order valence-corrected chi connectivity index (χ2v) is 5.71. The quantitative estimate of drug-likeness (QED) is 0.838. The number of carbonyl (C=O) groups is 1. The Morgan fingerprint density at radius 3 is 2.45 bits per heavy atom. The standard InChI is InChI=1S/C17H22N2O/c20-17(16-8-9-16)19-13-11-18(12-14-19)10-4-7-15-5-2-1-3-6-15/h1-7,16H,8-14H2. The first kappa shape index (κ1) is 13.4. The van der Waals surface area contributed by atoms with Gasteiger partial charge in [0.2, 0.25) is 5.91 Å². The Balaban J connectivity index is 1.42. The molecule has 1 heterocycles. The molecule has 3 nitrogen and oxygen atoms in total. The fourth-order valence-electron chi connectivity index (χ4n) is 2.64. The summed E-state index contributed by atoms with van der Waals surface area (Å²) in [7, 11) is 0. The minimum Gasteiger partial charge on any atom is -0.340 e. The zero-order valence-electron chi connectivity index (χ0n) is 11.9.